The lowest BCUT2D eigenvalue weighted by molar-refractivity contribution is 0.470. The predicted molar refractivity (Wildman–Crippen MR) is 147 cm³/mol. The summed E-state index contributed by atoms with van der Waals surface area (Å²) < 4.78 is 12.6. The van der Waals surface area contributed by atoms with Gasteiger partial charge >= 0.3 is 0 Å². The van der Waals surface area contributed by atoms with Gasteiger partial charge in [-0.25, -0.2) is 0 Å². The molecule has 174 valence electrons. The molecule has 0 saturated carbocycles. The number of fused-ring (bicyclic) bond motifs is 4. The van der Waals surface area contributed by atoms with E-state index < -0.39 is 0 Å². The van der Waals surface area contributed by atoms with Crippen LogP contribution in [0.2, 0.25) is 0 Å². The zero-order valence-electron chi connectivity index (χ0n) is 19.0. The second-order valence-electron chi connectivity index (χ2n) is 8.38. The Kier molecular flexibility index (Phi) is 5.26. The first-order valence-electron chi connectivity index (χ1n) is 11.6. The zero-order chi connectivity index (χ0) is 23.9. The Morgan fingerprint density at radius 1 is 0.417 bits per heavy atom. The quantitative estimate of drug-likeness (QED) is 0.249. The Hall–Kier alpha value is -4.00. The van der Waals surface area contributed by atoms with Crippen molar-refractivity contribution in [1.82, 2.24) is 0 Å². The molecule has 7 rings (SSSR count). The number of hydrogen-bond donors (Lipinski definition) is 2. The van der Waals surface area contributed by atoms with E-state index in [1.165, 1.54) is 9.79 Å². The van der Waals surface area contributed by atoms with Gasteiger partial charge < -0.3 is 20.1 Å². The molecular weight excluding hydrogens is 484 g/mol. The Morgan fingerprint density at radius 2 is 0.833 bits per heavy atom. The molecule has 4 nitrogen and oxygen atoms in total. The largest absolute Gasteiger partial charge is 0.455 e. The molecule has 2 aliphatic rings. The SMILES string of the molecule is c1ccc2c(c1)Nc1c(Oc3ccc(Oc4cccc5c4Nc4ccccc4S5)cc3)cccc1S2. The predicted octanol–water partition coefficient (Wildman–Crippen LogP) is 9.69. The highest BCUT2D eigenvalue weighted by Gasteiger charge is 2.20. The van der Waals surface area contributed by atoms with Crippen LogP contribution in [0, 0.1) is 0 Å². The molecule has 0 atom stereocenters. The van der Waals surface area contributed by atoms with Gasteiger partial charge in [0, 0.05) is 19.6 Å². The molecule has 2 aliphatic heterocycles. The van der Waals surface area contributed by atoms with Gasteiger partial charge in [0.15, 0.2) is 11.5 Å². The summed E-state index contributed by atoms with van der Waals surface area (Å²) in [5.74, 6) is 3.08. The maximum absolute atomic E-state index is 6.28. The summed E-state index contributed by atoms with van der Waals surface area (Å²) in [6.07, 6.45) is 0. The molecule has 0 unspecified atom stereocenters. The van der Waals surface area contributed by atoms with Crippen LogP contribution in [0.1, 0.15) is 0 Å². The van der Waals surface area contributed by atoms with Crippen molar-refractivity contribution in [2.45, 2.75) is 19.6 Å². The smallest absolute Gasteiger partial charge is 0.152 e. The number of benzene rings is 5. The van der Waals surface area contributed by atoms with E-state index in [-0.39, 0.29) is 0 Å². The highest BCUT2D eigenvalue weighted by molar-refractivity contribution is 8.00. The van der Waals surface area contributed by atoms with Crippen LogP contribution in [0.3, 0.4) is 0 Å². The molecule has 0 radical (unpaired) electrons. The zero-order valence-corrected chi connectivity index (χ0v) is 20.7. The number of hydrogen-bond acceptors (Lipinski definition) is 6. The van der Waals surface area contributed by atoms with Crippen molar-refractivity contribution in [2.24, 2.45) is 0 Å². The van der Waals surface area contributed by atoms with Crippen molar-refractivity contribution in [3.05, 3.63) is 109 Å². The number of nitrogens with one attached hydrogen (secondary N) is 2. The molecule has 5 aromatic rings. The second kappa shape index (κ2) is 8.90. The summed E-state index contributed by atoms with van der Waals surface area (Å²) in [6.45, 7) is 0. The van der Waals surface area contributed by atoms with Crippen molar-refractivity contribution >= 4 is 46.3 Å². The standard InChI is InChI=1S/C30H20N2O2S2/c1-3-11-25-21(7-1)31-29-23(9-5-13-27(29)35-25)33-19-15-17-20(18-16-19)34-24-10-6-14-28-30(24)32-22-8-2-4-12-26(22)36-28/h1-18,31-32H. The molecule has 0 aliphatic carbocycles. The van der Waals surface area contributed by atoms with Crippen molar-refractivity contribution < 1.29 is 9.47 Å². The lowest BCUT2D eigenvalue weighted by Crippen LogP contribution is -2.02. The number of rotatable bonds is 4. The molecule has 36 heavy (non-hydrogen) atoms. The van der Waals surface area contributed by atoms with Gasteiger partial charge in [-0.1, -0.05) is 59.9 Å². The summed E-state index contributed by atoms with van der Waals surface area (Å²) >= 11 is 3.50. The highest BCUT2D eigenvalue weighted by atomic mass is 32.2. The van der Waals surface area contributed by atoms with Crippen molar-refractivity contribution in [2.75, 3.05) is 10.6 Å². The van der Waals surface area contributed by atoms with E-state index in [1.54, 1.807) is 23.5 Å². The molecule has 0 fully saturated rings. The lowest BCUT2D eigenvalue weighted by Gasteiger charge is -2.23. The molecular formula is C30H20N2O2S2. The first-order chi connectivity index (χ1) is 17.8. The Labute approximate surface area is 217 Å². The molecule has 0 amide bonds. The maximum Gasteiger partial charge on any atom is 0.152 e. The van der Waals surface area contributed by atoms with Gasteiger partial charge in [-0.2, -0.15) is 0 Å². The average Bonchev–Trinajstić information content (AvgIpc) is 2.92. The van der Waals surface area contributed by atoms with Crippen LogP contribution in [0.4, 0.5) is 22.7 Å². The van der Waals surface area contributed by atoms with E-state index in [4.69, 9.17) is 9.47 Å². The van der Waals surface area contributed by atoms with E-state index in [2.05, 4.69) is 59.2 Å². The monoisotopic (exact) mass is 504 g/mol. The number of para-hydroxylation sites is 4. The number of anilines is 4. The van der Waals surface area contributed by atoms with Gasteiger partial charge in [-0.05, 0) is 72.8 Å². The molecule has 0 spiro atoms. The molecule has 0 saturated heterocycles. The van der Waals surface area contributed by atoms with Crippen molar-refractivity contribution in [1.29, 1.82) is 0 Å². The fourth-order valence-electron chi connectivity index (χ4n) is 4.26. The fourth-order valence-corrected chi connectivity index (χ4v) is 6.29. The van der Waals surface area contributed by atoms with E-state index in [1.807, 2.05) is 60.7 Å². The van der Waals surface area contributed by atoms with Crippen LogP contribution in [-0.2, 0) is 0 Å². The van der Waals surface area contributed by atoms with Crippen LogP contribution in [-0.4, -0.2) is 0 Å². The van der Waals surface area contributed by atoms with E-state index in [0.717, 1.165) is 55.5 Å². The van der Waals surface area contributed by atoms with E-state index in [9.17, 15) is 0 Å². The van der Waals surface area contributed by atoms with Crippen LogP contribution in [0.15, 0.2) is 129 Å². The minimum Gasteiger partial charge on any atom is -0.455 e. The van der Waals surface area contributed by atoms with Gasteiger partial charge in [0.2, 0.25) is 0 Å². The normalized spacial score (nSPS) is 12.7. The van der Waals surface area contributed by atoms with Crippen LogP contribution >= 0.6 is 23.5 Å². The lowest BCUT2D eigenvalue weighted by atomic mass is 10.2. The van der Waals surface area contributed by atoms with Crippen molar-refractivity contribution in [3.63, 3.8) is 0 Å². The van der Waals surface area contributed by atoms with Gasteiger partial charge in [0.05, 0.1) is 22.7 Å². The van der Waals surface area contributed by atoms with Crippen LogP contribution in [0.5, 0.6) is 23.0 Å². The van der Waals surface area contributed by atoms with Gasteiger partial charge in [-0.3, -0.25) is 0 Å². The van der Waals surface area contributed by atoms with E-state index in [0.29, 0.717) is 0 Å². The summed E-state index contributed by atoms with van der Waals surface area (Å²) in [5.41, 5.74) is 4.16. The third-order valence-electron chi connectivity index (χ3n) is 5.99. The van der Waals surface area contributed by atoms with Crippen LogP contribution in [0.25, 0.3) is 0 Å². The van der Waals surface area contributed by atoms with Crippen LogP contribution < -0.4 is 20.1 Å². The second-order valence-corrected chi connectivity index (χ2v) is 10.5. The Morgan fingerprint density at radius 3 is 1.31 bits per heavy atom. The summed E-state index contributed by atoms with van der Waals surface area (Å²) in [4.78, 5) is 4.71. The fraction of sp³-hybridized carbons (Fsp3) is 0. The topological polar surface area (TPSA) is 42.5 Å². The maximum atomic E-state index is 6.28. The molecule has 6 heteroatoms. The first kappa shape index (κ1) is 21.3. The minimum atomic E-state index is 0.749. The number of ether oxygens (including phenoxy) is 2. The minimum absolute atomic E-state index is 0.749. The third-order valence-corrected chi connectivity index (χ3v) is 8.26. The summed E-state index contributed by atoms with van der Waals surface area (Å²) in [6, 6.07) is 36.6. The van der Waals surface area contributed by atoms with E-state index >= 15 is 0 Å². The van der Waals surface area contributed by atoms with Crippen molar-refractivity contribution in [3.8, 4) is 23.0 Å². The third kappa shape index (κ3) is 3.94. The summed E-state index contributed by atoms with van der Waals surface area (Å²) in [5, 5.41) is 7.06. The molecule has 2 heterocycles. The van der Waals surface area contributed by atoms with Gasteiger partial charge in [0.25, 0.3) is 0 Å². The molecule has 0 aromatic heterocycles. The average molecular weight is 505 g/mol. The molecule has 0 bridgehead atoms. The molecule has 2 N–H and O–H groups in total. The first-order valence-corrected chi connectivity index (χ1v) is 13.2. The molecule has 5 aromatic carbocycles. The Bertz CT molecular complexity index is 1480. The van der Waals surface area contributed by atoms with Gasteiger partial charge in [0.1, 0.15) is 11.5 Å². The highest BCUT2D eigenvalue weighted by Crippen LogP contribution is 2.50. The van der Waals surface area contributed by atoms with Gasteiger partial charge in [-0.15, -0.1) is 0 Å². The Balaban J connectivity index is 1.10. The summed E-state index contributed by atoms with van der Waals surface area (Å²) in [7, 11) is 0.